The van der Waals surface area contributed by atoms with Crippen molar-refractivity contribution >= 4 is 0 Å². The van der Waals surface area contributed by atoms with Gasteiger partial charge in [0.05, 0.1) is 14.2 Å². The van der Waals surface area contributed by atoms with Gasteiger partial charge in [0.2, 0.25) is 0 Å². The summed E-state index contributed by atoms with van der Waals surface area (Å²) < 4.78 is 12.9. The fraction of sp³-hybridized carbons (Fsp3) is 0.571. The van der Waals surface area contributed by atoms with E-state index >= 15 is 0 Å². The van der Waals surface area contributed by atoms with Crippen LogP contribution in [0, 0.1) is 11.8 Å². The Morgan fingerprint density at radius 3 is 2.52 bits per heavy atom. The van der Waals surface area contributed by atoms with E-state index in [1.54, 1.807) is 20.4 Å². The molecule has 2 fully saturated rings. The average molecular weight is 371 g/mol. The summed E-state index contributed by atoms with van der Waals surface area (Å²) in [5.74, 6) is 2.88. The molecular formula is C21H29N3O3. The Morgan fingerprint density at radius 2 is 1.93 bits per heavy atom. The van der Waals surface area contributed by atoms with Crippen LogP contribution in [-0.4, -0.2) is 46.9 Å². The molecule has 6 heteroatoms. The van der Waals surface area contributed by atoms with E-state index in [0.717, 1.165) is 55.4 Å². The molecule has 1 aromatic carbocycles. The first-order valence-electron chi connectivity index (χ1n) is 9.69. The number of aryl methyl sites for hydroxylation is 1. The smallest absolute Gasteiger partial charge is 0.141 e. The molecule has 6 nitrogen and oxygen atoms in total. The van der Waals surface area contributed by atoms with Gasteiger partial charge in [-0.25, -0.2) is 4.98 Å². The SMILES string of the molecule is COc1ccc(CN2C[C@H]3CCC[C@@H](C2)C3(O)c2nccn2C)c(OC)c1. The number of aliphatic hydroxyl groups is 1. The lowest BCUT2D eigenvalue weighted by Crippen LogP contribution is -2.58. The lowest BCUT2D eigenvalue weighted by atomic mass is 9.65. The van der Waals surface area contributed by atoms with Crippen LogP contribution in [0.5, 0.6) is 11.5 Å². The number of fused-ring (bicyclic) bond motifs is 2. The zero-order chi connectivity index (χ0) is 19.0. The van der Waals surface area contributed by atoms with E-state index in [9.17, 15) is 5.11 Å². The molecule has 1 aliphatic heterocycles. The summed E-state index contributed by atoms with van der Waals surface area (Å²) in [4.78, 5) is 6.96. The van der Waals surface area contributed by atoms with Crippen LogP contribution >= 0.6 is 0 Å². The molecule has 2 aliphatic rings. The molecule has 3 atom stereocenters. The zero-order valence-corrected chi connectivity index (χ0v) is 16.4. The van der Waals surface area contributed by atoms with Crippen molar-refractivity contribution in [1.29, 1.82) is 0 Å². The van der Waals surface area contributed by atoms with E-state index in [2.05, 4.69) is 16.0 Å². The number of benzene rings is 1. The number of hydrogen-bond donors (Lipinski definition) is 1. The Balaban J connectivity index is 1.57. The Kier molecular flexibility index (Phi) is 4.86. The molecule has 0 amide bonds. The van der Waals surface area contributed by atoms with Gasteiger partial charge >= 0.3 is 0 Å². The third kappa shape index (κ3) is 3.11. The first-order valence-corrected chi connectivity index (χ1v) is 9.69. The van der Waals surface area contributed by atoms with Crippen molar-refractivity contribution in [3.8, 4) is 11.5 Å². The van der Waals surface area contributed by atoms with Crippen LogP contribution in [0.25, 0.3) is 0 Å². The summed E-state index contributed by atoms with van der Waals surface area (Å²) in [6.45, 7) is 2.56. The molecule has 1 unspecified atom stereocenters. The minimum absolute atomic E-state index is 0.204. The average Bonchev–Trinajstić information content (AvgIpc) is 3.09. The predicted molar refractivity (Wildman–Crippen MR) is 103 cm³/mol. The van der Waals surface area contributed by atoms with Gasteiger partial charge in [0.25, 0.3) is 0 Å². The second-order valence-electron chi connectivity index (χ2n) is 7.88. The highest BCUT2D eigenvalue weighted by molar-refractivity contribution is 5.40. The van der Waals surface area contributed by atoms with Crippen molar-refractivity contribution < 1.29 is 14.6 Å². The molecular weight excluding hydrogens is 342 g/mol. The largest absolute Gasteiger partial charge is 0.497 e. The summed E-state index contributed by atoms with van der Waals surface area (Å²) >= 11 is 0. The number of methoxy groups -OCH3 is 2. The molecule has 4 rings (SSSR count). The number of imidazole rings is 1. The van der Waals surface area contributed by atoms with Crippen LogP contribution in [0.3, 0.4) is 0 Å². The molecule has 0 radical (unpaired) electrons. The highest BCUT2D eigenvalue weighted by atomic mass is 16.5. The second kappa shape index (κ2) is 7.17. The lowest BCUT2D eigenvalue weighted by Gasteiger charge is -2.52. The number of aromatic nitrogens is 2. The van der Waals surface area contributed by atoms with Crippen molar-refractivity contribution in [2.75, 3.05) is 27.3 Å². The normalized spacial score (nSPS) is 28.1. The molecule has 0 spiro atoms. The number of piperidine rings is 1. The number of nitrogens with zero attached hydrogens (tertiary/aromatic N) is 3. The highest BCUT2D eigenvalue weighted by Gasteiger charge is 2.53. The quantitative estimate of drug-likeness (QED) is 0.875. The van der Waals surface area contributed by atoms with Crippen LogP contribution in [0.2, 0.25) is 0 Å². The topological polar surface area (TPSA) is 59.8 Å². The molecule has 146 valence electrons. The van der Waals surface area contributed by atoms with Crippen molar-refractivity contribution in [2.45, 2.75) is 31.4 Å². The van der Waals surface area contributed by atoms with Gasteiger partial charge in [0.15, 0.2) is 0 Å². The van der Waals surface area contributed by atoms with E-state index in [1.165, 1.54) is 6.42 Å². The first-order chi connectivity index (χ1) is 13.1. The summed E-state index contributed by atoms with van der Waals surface area (Å²) in [7, 11) is 5.34. The van der Waals surface area contributed by atoms with Crippen molar-refractivity contribution in [1.82, 2.24) is 14.5 Å². The first kappa shape index (κ1) is 18.3. The maximum Gasteiger partial charge on any atom is 0.141 e. The Morgan fingerprint density at radius 1 is 1.19 bits per heavy atom. The Bertz CT molecular complexity index is 790. The number of rotatable bonds is 5. The van der Waals surface area contributed by atoms with E-state index in [0.29, 0.717) is 0 Å². The fourth-order valence-corrected chi connectivity index (χ4v) is 5.01. The van der Waals surface area contributed by atoms with Gasteiger partial charge in [0, 0.05) is 62.5 Å². The summed E-state index contributed by atoms with van der Waals surface area (Å²) in [6.07, 6.45) is 6.98. The standard InChI is InChI=1S/C21H29N3O3/c1-23-10-9-22-20(23)21(25)16-5-4-6-17(21)14-24(13-16)12-15-7-8-18(26-2)11-19(15)27-3/h7-11,16-17,25H,4-6,12-14H2,1-3H3/t16-,17+,21?. The number of ether oxygens (including phenoxy) is 2. The fourth-order valence-electron chi connectivity index (χ4n) is 5.01. The van der Waals surface area contributed by atoms with E-state index < -0.39 is 5.60 Å². The molecule has 1 N–H and O–H groups in total. The second-order valence-corrected chi connectivity index (χ2v) is 7.88. The maximum absolute atomic E-state index is 11.7. The van der Waals surface area contributed by atoms with E-state index in [4.69, 9.17) is 9.47 Å². The van der Waals surface area contributed by atoms with Crippen LogP contribution in [-0.2, 0) is 19.2 Å². The molecule has 2 aromatic rings. The molecule has 2 bridgehead atoms. The third-order valence-electron chi connectivity index (χ3n) is 6.37. The van der Waals surface area contributed by atoms with Gasteiger partial charge in [-0.15, -0.1) is 0 Å². The maximum atomic E-state index is 11.7. The minimum atomic E-state index is -0.822. The molecule has 1 aliphatic carbocycles. The monoisotopic (exact) mass is 371 g/mol. The van der Waals surface area contributed by atoms with Crippen molar-refractivity contribution in [2.24, 2.45) is 18.9 Å². The zero-order valence-electron chi connectivity index (χ0n) is 16.4. The predicted octanol–water partition coefficient (Wildman–Crippen LogP) is 2.56. The van der Waals surface area contributed by atoms with Crippen molar-refractivity contribution in [3.05, 3.63) is 42.0 Å². The van der Waals surface area contributed by atoms with Gasteiger partial charge < -0.3 is 19.1 Å². The molecule has 1 saturated carbocycles. The van der Waals surface area contributed by atoms with Crippen molar-refractivity contribution in [3.63, 3.8) is 0 Å². The van der Waals surface area contributed by atoms with Crippen LogP contribution < -0.4 is 9.47 Å². The third-order valence-corrected chi connectivity index (χ3v) is 6.37. The number of likely N-dealkylation sites (tertiary alicyclic amines) is 1. The Labute approximate surface area is 160 Å². The van der Waals surface area contributed by atoms with Crippen LogP contribution in [0.15, 0.2) is 30.6 Å². The van der Waals surface area contributed by atoms with Gasteiger partial charge in [0.1, 0.15) is 22.9 Å². The molecule has 2 heterocycles. The van der Waals surface area contributed by atoms with E-state index in [1.807, 2.05) is 29.9 Å². The van der Waals surface area contributed by atoms with Gasteiger partial charge in [-0.2, -0.15) is 0 Å². The molecule has 1 aromatic heterocycles. The summed E-state index contributed by atoms with van der Waals surface area (Å²) in [6, 6.07) is 5.99. The minimum Gasteiger partial charge on any atom is -0.497 e. The van der Waals surface area contributed by atoms with Crippen LogP contribution in [0.1, 0.15) is 30.7 Å². The van der Waals surface area contributed by atoms with Gasteiger partial charge in [-0.1, -0.05) is 12.5 Å². The highest BCUT2D eigenvalue weighted by Crippen LogP contribution is 2.48. The van der Waals surface area contributed by atoms with E-state index in [-0.39, 0.29) is 11.8 Å². The van der Waals surface area contributed by atoms with Gasteiger partial charge in [-0.05, 0) is 18.9 Å². The summed E-state index contributed by atoms with van der Waals surface area (Å²) in [5.41, 5.74) is 0.329. The number of hydrogen-bond acceptors (Lipinski definition) is 5. The van der Waals surface area contributed by atoms with Crippen LogP contribution in [0.4, 0.5) is 0 Å². The molecule has 1 saturated heterocycles. The lowest BCUT2D eigenvalue weighted by molar-refractivity contribution is -0.155. The Hall–Kier alpha value is -2.05. The van der Waals surface area contributed by atoms with Gasteiger partial charge in [-0.3, -0.25) is 4.90 Å². The summed E-state index contributed by atoms with van der Waals surface area (Å²) in [5, 5.41) is 11.7. The molecule has 27 heavy (non-hydrogen) atoms.